The van der Waals surface area contributed by atoms with Crippen molar-refractivity contribution in [3.8, 4) is 0 Å². The minimum Gasteiger partial charge on any atom is -0.140 e. The first kappa shape index (κ1) is 11.1. The fraction of sp³-hybridized carbons (Fsp3) is 0.111. The molecule has 2 aromatic heterocycles. The fourth-order valence-electron chi connectivity index (χ4n) is 3.25. The van der Waals surface area contributed by atoms with Gasteiger partial charge in [0.05, 0.1) is 0 Å². The Morgan fingerprint density at radius 2 is 1.65 bits per heavy atom. The zero-order valence-electron chi connectivity index (χ0n) is 10.8. The highest BCUT2D eigenvalue weighted by atomic mass is 32.1. The molecular formula is C18H12S2. The van der Waals surface area contributed by atoms with Gasteiger partial charge in [0.25, 0.3) is 0 Å². The molecule has 0 N–H and O–H groups in total. The third kappa shape index (κ3) is 1.36. The molecule has 2 heterocycles. The van der Waals surface area contributed by atoms with Crippen LogP contribution in [0.25, 0.3) is 36.3 Å². The Morgan fingerprint density at radius 3 is 2.60 bits per heavy atom. The van der Waals surface area contributed by atoms with E-state index < -0.39 is 0 Å². The quantitative estimate of drug-likeness (QED) is 0.360. The number of aryl methyl sites for hydroxylation is 1. The van der Waals surface area contributed by atoms with Crippen molar-refractivity contribution < 1.29 is 0 Å². The summed E-state index contributed by atoms with van der Waals surface area (Å²) in [5, 5.41) is 4.36. The molecule has 0 nitrogen and oxygen atoms in total. The van der Waals surface area contributed by atoms with Gasteiger partial charge in [-0.25, -0.2) is 0 Å². The van der Waals surface area contributed by atoms with Crippen LogP contribution in [0, 0.1) is 0 Å². The van der Waals surface area contributed by atoms with Gasteiger partial charge in [-0.1, -0.05) is 30.4 Å². The van der Waals surface area contributed by atoms with E-state index in [1.165, 1.54) is 48.7 Å². The van der Waals surface area contributed by atoms with Crippen LogP contribution in [0.1, 0.15) is 16.9 Å². The predicted molar refractivity (Wildman–Crippen MR) is 92.1 cm³/mol. The number of rotatable bonds is 0. The molecule has 0 bridgehead atoms. The summed E-state index contributed by atoms with van der Waals surface area (Å²) in [6, 6.07) is 13.4. The summed E-state index contributed by atoms with van der Waals surface area (Å²) in [5.74, 6) is 0. The van der Waals surface area contributed by atoms with E-state index in [2.05, 4.69) is 48.6 Å². The van der Waals surface area contributed by atoms with Gasteiger partial charge in [0.1, 0.15) is 0 Å². The van der Waals surface area contributed by atoms with Crippen molar-refractivity contribution in [2.75, 3.05) is 0 Å². The van der Waals surface area contributed by atoms with Crippen LogP contribution in [0.5, 0.6) is 0 Å². The van der Waals surface area contributed by atoms with Gasteiger partial charge >= 0.3 is 0 Å². The molecule has 0 fully saturated rings. The Bertz CT molecular complexity index is 998. The third-order valence-electron chi connectivity index (χ3n) is 4.13. The van der Waals surface area contributed by atoms with Crippen molar-refractivity contribution in [3.05, 3.63) is 52.9 Å². The molecule has 0 saturated heterocycles. The lowest BCUT2D eigenvalue weighted by molar-refractivity contribution is 1.02. The first-order chi connectivity index (χ1) is 9.92. The summed E-state index contributed by atoms with van der Waals surface area (Å²) in [6.07, 6.45) is 7.05. The normalized spacial score (nSPS) is 14.4. The third-order valence-corrected chi connectivity index (χ3v) is 6.50. The van der Waals surface area contributed by atoms with Crippen molar-refractivity contribution in [1.82, 2.24) is 0 Å². The monoisotopic (exact) mass is 292 g/mol. The summed E-state index contributed by atoms with van der Waals surface area (Å²) in [6.45, 7) is 0. The van der Waals surface area contributed by atoms with Crippen molar-refractivity contribution in [2.24, 2.45) is 0 Å². The average molecular weight is 292 g/mol. The zero-order valence-corrected chi connectivity index (χ0v) is 12.5. The van der Waals surface area contributed by atoms with E-state index in [4.69, 9.17) is 0 Å². The first-order valence-electron chi connectivity index (χ1n) is 6.94. The van der Waals surface area contributed by atoms with E-state index in [9.17, 15) is 0 Å². The number of fused-ring (bicyclic) bond motifs is 7. The summed E-state index contributed by atoms with van der Waals surface area (Å²) < 4.78 is 4.26. The van der Waals surface area contributed by atoms with Crippen LogP contribution < -0.4 is 0 Å². The van der Waals surface area contributed by atoms with Crippen LogP contribution in [-0.2, 0) is 6.42 Å². The second-order valence-corrected chi connectivity index (χ2v) is 7.51. The summed E-state index contributed by atoms with van der Waals surface area (Å²) in [7, 11) is 0. The van der Waals surface area contributed by atoms with Gasteiger partial charge in [0.15, 0.2) is 0 Å². The van der Waals surface area contributed by atoms with Crippen molar-refractivity contribution in [2.45, 2.75) is 12.8 Å². The van der Waals surface area contributed by atoms with Crippen LogP contribution in [-0.4, -0.2) is 0 Å². The molecule has 0 saturated carbocycles. The molecule has 2 aromatic carbocycles. The highest BCUT2D eigenvalue weighted by molar-refractivity contribution is 7.26. The van der Waals surface area contributed by atoms with E-state index in [1.54, 1.807) is 4.88 Å². The predicted octanol–water partition coefficient (Wildman–Crippen LogP) is 6.23. The lowest BCUT2D eigenvalue weighted by atomic mass is 9.99. The largest absolute Gasteiger partial charge is 0.140 e. The topological polar surface area (TPSA) is 0 Å². The van der Waals surface area contributed by atoms with Gasteiger partial charge in [0.2, 0.25) is 0 Å². The fourth-order valence-corrected chi connectivity index (χ4v) is 5.58. The molecule has 0 atom stereocenters. The van der Waals surface area contributed by atoms with Gasteiger partial charge < -0.3 is 0 Å². The molecule has 0 aliphatic heterocycles. The minimum absolute atomic E-state index is 1.19. The van der Waals surface area contributed by atoms with E-state index in [-0.39, 0.29) is 0 Å². The van der Waals surface area contributed by atoms with Gasteiger partial charge in [-0.3, -0.25) is 0 Å². The van der Waals surface area contributed by atoms with Crippen LogP contribution in [0.3, 0.4) is 0 Å². The second-order valence-electron chi connectivity index (χ2n) is 5.29. The van der Waals surface area contributed by atoms with Gasteiger partial charge in [0, 0.05) is 35.1 Å². The molecule has 0 spiro atoms. The molecule has 0 unspecified atom stereocenters. The highest BCUT2D eigenvalue weighted by Gasteiger charge is 2.17. The minimum atomic E-state index is 1.19. The standard InChI is InChI=1S/C18H12S2/c1-3-7-13-11(5-1)17-15(19-13)9-10-16-18(17)12-6-2-4-8-14(12)20-16/h1-3,5-7,9-10H,4,8H2. The Morgan fingerprint density at radius 1 is 0.800 bits per heavy atom. The maximum atomic E-state index is 2.34. The lowest BCUT2D eigenvalue weighted by Gasteiger charge is -2.04. The van der Waals surface area contributed by atoms with Gasteiger partial charge in [-0.2, -0.15) is 0 Å². The molecular weight excluding hydrogens is 280 g/mol. The molecule has 20 heavy (non-hydrogen) atoms. The SMILES string of the molecule is C1=Cc2c(sc3ccc4sc5ccccc5c4c23)CC1. The van der Waals surface area contributed by atoms with Crippen LogP contribution in [0.4, 0.5) is 0 Å². The molecule has 0 radical (unpaired) electrons. The maximum Gasteiger partial charge on any atom is 0.0362 e. The first-order valence-corrected chi connectivity index (χ1v) is 8.57. The molecule has 96 valence electrons. The Balaban J connectivity index is 2.10. The average Bonchev–Trinajstić information content (AvgIpc) is 3.04. The zero-order chi connectivity index (χ0) is 13.1. The summed E-state index contributed by atoms with van der Waals surface area (Å²) in [5.41, 5.74) is 1.48. The smallest absolute Gasteiger partial charge is 0.0362 e. The molecule has 0 amide bonds. The Labute approximate surface area is 125 Å². The van der Waals surface area contributed by atoms with E-state index in [0.29, 0.717) is 0 Å². The number of benzene rings is 2. The van der Waals surface area contributed by atoms with Gasteiger partial charge in [-0.05, 0) is 36.6 Å². The molecule has 2 heteroatoms. The lowest BCUT2D eigenvalue weighted by Crippen LogP contribution is -1.87. The number of thiophene rings is 2. The van der Waals surface area contributed by atoms with E-state index >= 15 is 0 Å². The molecule has 1 aliphatic carbocycles. The summed E-state index contributed by atoms with van der Waals surface area (Å²) in [4.78, 5) is 1.56. The van der Waals surface area contributed by atoms with E-state index in [1.807, 2.05) is 22.7 Å². The Kier molecular flexibility index (Phi) is 2.18. The number of allylic oxidation sites excluding steroid dienone is 1. The number of hydrogen-bond acceptors (Lipinski definition) is 2. The molecule has 1 aliphatic rings. The summed E-state index contributed by atoms with van der Waals surface area (Å²) >= 11 is 3.89. The van der Waals surface area contributed by atoms with Crippen molar-refractivity contribution in [3.63, 3.8) is 0 Å². The van der Waals surface area contributed by atoms with E-state index in [0.717, 1.165) is 0 Å². The van der Waals surface area contributed by atoms with Crippen molar-refractivity contribution in [1.29, 1.82) is 0 Å². The Hall–Kier alpha value is -1.64. The van der Waals surface area contributed by atoms with Gasteiger partial charge in [-0.15, -0.1) is 22.7 Å². The number of hydrogen-bond donors (Lipinski definition) is 0. The second kappa shape index (κ2) is 3.94. The van der Waals surface area contributed by atoms with Crippen LogP contribution >= 0.6 is 22.7 Å². The van der Waals surface area contributed by atoms with Crippen molar-refractivity contribution >= 4 is 59.0 Å². The maximum absolute atomic E-state index is 2.34. The van der Waals surface area contributed by atoms with Crippen LogP contribution in [0.15, 0.2) is 42.5 Å². The molecule has 4 aromatic rings. The molecule has 5 rings (SSSR count). The van der Waals surface area contributed by atoms with Crippen LogP contribution in [0.2, 0.25) is 0 Å². The highest BCUT2D eigenvalue weighted by Crippen LogP contribution is 2.44.